The summed E-state index contributed by atoms with van der Waals surface area (Å²) in [5.74, 6) is -0.394. The van der Waals surface area contributed by atoms with Gasteiger partial charge in [-0.25, -0.2) is 0 Å². The third-order valence-electron chi connectivity index (χ3n) is 3.71. The number of alkyl halides is 3. The van der Waals surface area contributed by atoms with Crippen molar-refractivity contribution in [2.75, 3.05) is 0 Å². The predicted octanol–water partition coefficient (Wildman–Crippen LogP) is 3.96. The maximum Gasteiger partial charge on any atom is 0.573 e. The molecule has 1 N–H and O–H groups in total. The Morgan fingerprint density at radius 3 is 2.57 bits per heavy atom. The summed E-state index contributed by atoms with van der Waals surface area (Å²) in [6.07, 6.45) is -4.84. The van der Waals surface area contributed by atoms with Crippen LogP contribution in [-0.4, -0.2) is 11.5 Å². The highest BCUT2D eigenvalue weighted by atomic mass is 19.4. The van der Waals surface area contributed by atoms with Gasteiger partial charge in [0.15, 0.2) is 0 Å². The zero-order valence-electron chi connectivity index (χ0n) is 11.0. The molecule has 0 fully saturated rings. The number of ether oxygens (including phenoxy) is 1. The first-order valence-electron chi connectivity index (χ1n) is 6.55. The first-order chi connectivity index (χ1) is 9.94. The fourth-order valence-electron chi connectivity index (χ4n) is 2.71. The maximum atomic E-state index is 12.2. The van der Waals surface area contributed by atoms with Crippen LogP contribution in [0.1, 0.15) is 28.7 Å². The lowest BCUT2D eigenvalue weighted by atomic mass is 9.73. The molecule has 5 heteroatoms. The summed E-state index contributed by atoms with van der Waals surface area (Å²) in [7, 11) is 0. The molecular weight excluding hydrogens is 281 g/mol. The number of aliphatic hydroxyl groups excluding tert-OH is 1. The molecule has 0 aliphatic heterocycles. The molecule has 3 rings (SSSR count). The quantitative estimate of drug-likeness (QED) is 0.928. The van der Waals surface area contributed by atoms with Crippen LogP contribution in [0.25, 0.3) is 0 Å². The van der Waals surface area contributed by atoms with Gasteiger partial charge in [-0.3, -0.25) is 0 Å². The van der Waals surface area contributed by atoms with Crippen LogP contribution in [0, 0.1) is 0 Å². The Hall–Kier alpha value is -2.01. The smallest absolute Gasteiger partial charge is 0.406 e. The minimum atomic E-state index is -4.73. The standard InChI is InChI=1S/C16H13F3O2/c17-16(18,19)21-12-6-3-5-11(8-12)15(20)14-9-10-4-1-2-7-13(10)14/h1-8,14-15,20H,9H2. The molecule has 1 aliphatic carbocycles. The predicted molar refractivity (Wildman–Crippen MR) is 71.0 cm³/mol. The monoisotopic (exact) mass is 294 g/mol. The summed E-state index contributed by atoms with van der Waals surface area (Å²) in [4.78, 5) is 0. The highest BCUT2D eigenvalue weighted by Crippen LogP contribution is 2.43. The van der Waals surface area contributed by atoms with Crippen molar-refractivity contribution in [3.63, 3.8) is 0 Å². The van der Waals surface area contributed by atoms with Crippen LogP contribution in [0.3, 0.4) is 0 Å². The molecule has 110 valence electrons. The van der Waals surface area contributed by atoms with E-state index < -0.39 is 12.5 Å². The van der Waals surface area contributed by atoms with Crippen LogP contribution < -0.4 is 4.74 Å². The van der Waals surface area contributed by atoms with Gasteiger partial charge >= 0.3 is 6.36 Å². The van der Waals surface area contributed by atoms with E-state index in [4.69, 9.17) is 0 Å². The lowest BCUT2D eigenvalue weighted by Crippen LogP contribution is -2.23. The summed E-state index contributed by atoms with van der Waals surface area (Å²) < 4.78 is 40.5. The van der Waals surface area contributed by atoms with Crippen LogP contribution >= 0.6 is 0 Å². The molecule has 0 aromatic heterocycles. The molecule has 0 saturated heterocycles. The molecule has 0 spiro atoms. The number of hydrogen-bond donors (Lipinski definition) is 1. The van der Waals surface area contributed by atoms with Crippen molar-refractivity contribution in [1.29, 1.82) is 0 Å². The third-order valence-corrected chi connectivity index (χ3v) is 3.71. The average Bonchev–Trinajstić information content (AvgIpc) is 2.38. The van der Waals surface area contributed by atoms with Crippen molar-refractivity contribution in [2.45, 2.75) is 24.8 Å². The number of halogens is 3. The SMILES string of the molecule is OC(c1cccc(OC(F)(F)F)c1)C1Cc2ccccc21. The summed E-state index contributed by atoms with van der Waals surface area (Å²) in [5, 5.41) is 10.4. The van der Waals surface area contributed by atoms with E-state index in [0.717, 1.165) is 12.0 Å². The van der Waals surface area contributed by atoms with E-state index in [2.05, 4.69) is 4.74 Å². The molecule has 1 aliphatic rings. The normalized spacial score (nSPS) is 18.6. The van der Waals surface area contributed by atoms with Gasteiger partial charge in [-0.05, 0) is 35.2 Å². The summed E-state index contributed by atoms with van der Waals surface area (Å²) in [6.45, 7) is 0. The van der Waals surface area contributed by atoms with Crippen molar-refractivity contribution < 1.29 is 23.0 Å². The summed E-state index contributed by atoms with van der Waals surface area (Å²) >= 11 is 0. The molecule has 2 atom stereocenters. The van der Waals surface area contributed by atoms with Gasteiger partial charge in [0.05, 0.1) is 6.10 Å². The van der Waals surface area contributed by atoms with Gasteiger partial charge in [0.25, 0.3) is 0 Å². The van der Waals surface area contributed by atoms with E-state index >= 15 is 0 Å². The molecule has 2 unspecified atom stereocenters. The fraction of sp³-hybridized carbons (Fsp3) is 0.250. The van der Waals surface area contributed by atoms with Crippen molar-refractivity contribution in [3.05, 3.63) is 65.2 Å². The highest BCUT2D eigenvalue weighted by Gasteiger charge is 2.34. The first-order valence-corrected chi connectivity index (χ1v) is 6.55. The van der Waals surface area contributed by atoms with Crippen LogP contribution in [-0.2, 0) is 6.42 Å². The molecule has 0 heterocycles. The topological polar surface area (TPSA) is 29.5 Å². The Labute approximate surface area is 119 Å². The van der Waals surface area contributed by atoms with Crippen molar-refractivity contribution in [2.24, 2.45) is 0 Å². The van der Waals surface area contributed by atoms with Crippen LogP contribution in [0.2, 0.25) is 0 Å². The van der Waals surface area contributed by atoms with Crippen molar-refractivity contribution in [3.8, 4) is 5.75 Å². The number of hydrogen-bond acceptors (Lipinski definition) is 2. The van der Waals surface area contributed by atoms with Gasteiger partial charge in [-0.15, -0.1) is 13.2 Å². The first kappa shape index (κ1) is 13.9. The van der Waals surface area contributed by atoms with Crippen molar-refractivity contribution >= 4 is 0 Å². The molecule has 0 saturated carbocycles. The Bertz CT molecular complexity index is 652. The minimum Gasteiger partial charge on any atom is -0.406 e. The van der Waals surface area contributed by atoms with Gasteiger partial charge in [0, 0.05) is 5.92 Å². The largest absolute Gasteiger partial charge is 0.573 e. The number of rotatable bonds is 3. The molecule has 21 heavy (non-hydrogen) atoms. The number of fused-ring (bicyclic) bond motifs is 1. The van der Waals surface area contributed by atoms with E-state index in [0.29, 0.717) is 5.56 Å². The Kier molecular flexibility index (Phi) is 3.37. The Morgan fingerprint density at radius 1 is 1.10 bits per heavy atom. The number of aliphatic hydroxyl groups is 1. The molecular formula is C16H13F3O2. The fourth-order valence-corrected chi connectivity index (χ4v) is 2.71. The number of benzene rings is 2. The molecule has 2 nitrogen and oxygen atoms in total. The zero-order valence-corrected chi connectivity index (χ0v) is 11.0. The summed E-state index contributed by atoms with van der Waals surface area (Å²) in [5.41, 5.74) is 2.65. The van der Waals surface area contributed by atoms with Gasteiger partial charge in [-0.1, -0.05) is 36.4 Å². The van der Waals surface area contributed by atoms with Gasteiger partial charge in [0.1, 0.15) is 5.75 Å². The van der Waals surface area contributed by atoms with E-state index in [1.807, 2.05) is 24.3 Å². The van der Waals surface area contributed by atoms with Crippen LogP contribution in [0.4, 0.5) is 13.2 Å². The molecule has 0 amide bonds. The third kappa shape index (κ3) is 2.88. The van der Waals surface area contributed by atoms with E-state index in [1.165, 1.54) is 23.8 Å². The average molecular weight is 294 g/mol. The lowest BCUT2D eigenvalue weighted by Gasteiger charge is -2.34. The van der Waals surface area contributed by atoms with E-state index in [-0.39, 0.29) is 11.7 Å². The molecule has 2 aromatic rings. The molecule has 0 radical (unpaired) electrons. The highest BCUT2D eigenvalue weighted by molar-refractivity contribution is 5.43. The maximum absolute atomic E-state index is 12.2. The second-order valence-corrected chi connectivity index (χ2v) is 5.07. The van der Waals surface area contributed by atoms with Crippen LogP contribution in [0.15, 0.2) is 48.5 Å². The van der Waals surface area contributed by atoms with Gasteiger partial charge in [0.2, 0.25) is 0 Å². The Balaban J connectivity index is 1.80. The van der Waals surface area contributed by atoms with E-state index in [9.17, 15) is 18.3 Å². The molecule has 2 aromatic carbocycles. The Morgan fingerprint density at radius 2 is 1.86 bits per heavy atom. The zero-order chi connectivity index (χ0) is 15.0. The second-order valence-electron chi connectivity index (χ2n) is 5.07. The van der Waals surface area contributed by atoms with Crippen LogP contribution in [0.5, 0.6) is 5.75 Å². The molecule has 0 bridgehead atoms. The van der Waals surface area contributed by atoms with E-state index in [1.54, 1.807) is 6.07 Å². The lowest BCUT2D eigenvalue weighted by molar-refractivity contribution is -0.274. The van der Waals surface area contributed by atoms with Gasteiger partial charge < -0.3 is 9.84 Å². The van der Waals surface area contributed by atoms with Crippen molar-refractivity contribution in [1.82, 2.24) is 0 Å². The summed E-state index contributed by atoms with van der Waals surface area (Å²) in [6, 6.07) is 13.3. The van der Waals surface area contributed by atoms with Gasteiger partial charge in [-0.2, -0.15) is 0 Å². The minimum absolute atomic E-state index is 0.0812. The second kappa shape index (κ2) is 5.07.